The number of rotatable bonds is 11. The summed E-state index contributed by atoms with van der Waals surface area (Å²) >= 11 is 0. The Kier molecular flexibility index (Phi) is 9.29. The molecule has 0 radical (unpaired) electrons. The number of carbonyl (C=O) groups is 3. The predicted octanol–water partition coefficient (Wildman–Crippen LogP) is 2.98. The summed E-state index contributed by atoms with van der Waals surface area (Å²) in [5.41, 5.74) is 6.15. The van der Waals surface area contributed by atoms with E-state index in [0.717, 1.165) is 19.3 Å². The summed E-state index contributed by atoms with van der Waals surface area (Å²) in [6.07, 6.45) is 7.10. The zero-order chi connectivity index (χ0) is 18.7. The summed E-state index contributed by atoms with van der Waals surface area (Å²) < 4.78 is 0. The molecule has 0 saturated heterocycles. The van der Waals surface area contributed by atoms with Gasteiger partial charge in [0.05, 0.1) is 11.3 Å². The highest BCUT2D eigenvalue weighted by Crippen LogP contribution is 2.16. The van der Waals surface area contributed by atoms with Crippen molar-refractivity contribution in [1.29, 1.82) is 0 Å². The fourth-order valence-electron chi connectivity index (χ4n) is 2.63. The van der Waals surface area contributed by atoms with Gasteiger partial charge in [0.2, 0.25) is 11.8 Å². The molecule has 0 heterocycles. The van der Waals surface area contributed by atoms with Crippen molar-refractivity contribution in [3.8, 4) is 0 Å². The number of amides is 3. The number of hydrogen-bond donors (Lipinski definition) is 3. The van der Waals surface area contributed by atoms with E-state index in [9.17, 15) is 14.4 Å². The number of nitrogens with one attached hydrogen (secondary N) is 2. The van der Waals surface area contributed by atoms with Crippen molar-refractivity contribution in [2.24, 2.45) is 5.73 Å². The Hall–Kier alpha value is -2.37. The largest absolute Gasteiger partial charge is 0.368 e. The lowest BCUT2D eigenvalue weighted by molar-refractivity contribution is -0.120. The van der Waals surface area contributed by atoms with Crippen molar-refractivity contribution in [2.45, 2.75) is 64.8 Å². The molecule has 0 saturated carbocycles. The van der Waals surface area contributed by atoms with Crippen LogP contribution in [0, 0.1) is 0 Å². The smallest absolute Gasteiger partial charge is 0.254 e. The van der Waals surface area contributed by atoms with Crippen LogP contribution in [0.1, 0.15) is 69.2 Å². The lowest BCUT2D eigenvalue weighted by atomic mass is 10.0. The van der Waals surface area contributed by atoms with E-state index >= 15 is 0 Å². The van der Waals surface area contributed by atoms with Gasteiger partial charge in [-0.05, 0) is 18.6 Å². The molecule has 6 heteroatoms. The summed E-state index contributed by atoms with van der Waals surface area (Å²) in [4.78, 5) is 35.3. The van der Waals surface area contributed by atoms with Gasteiger partial charge in [0, 0.05) is 6.92 Å². The molecule has 0 spiro atoms. The second kappa shape index (κ2) is 11.2. The minimum atomic E-state index is -0.705. The SMILES string of the molecule is CCCCCCCC[C@@H](NC(=O)c1ccccc1NC(C)=O)C(N)=O. The van der Waals surface area contributed by atoms with E-state index in [1.807, 2.05) is 0 Å². The first-order chi connectivity index (χ1) is 12.0. The molecule has 0 aliphatic carbocycles. The molecule has 0 aromatic heterocycles. The number of primary amides is 1. The standard InChI is InChI=1S/C19H29N3O3/c1-3-4-5-6-7-8-13-17(18(20)24)22-19(25)15-11-9-10-12-16(15)21-14(2)23/h9-12,17H,3-8,13H2,1-2H3,(H2,20,24)(H,21,23)(H,22,25)/t17-/m1/s1. The molecule has 4 N–H and O–H groups in total. The normalized spacial score (nSPS) is 11.6. The van der Waals surface area contributed by atoms with Crippen molar-refractivity contribution in [1.82, 2.24) is 5.32 Å². The highest BCUT2D eigenvalue weighted by atomic mass is 16.2. The van der Waals surface area contributed by atoms with E-state index in [1.54, 1.807) is 24.3 Å². The predicted molar refractivity (Wildman–Crippen MR) is 99.2 cm³/mol. The molecular formula is C19H29N3O3. The second-order valence-electron chi connectivity index (χ2n) is 6.21. The van der Waals surface area contributed by atoms with Gasteiger partial charge in [0.25, 0.3) is 5.91 Å². The molecule has 0 aliphatic heterocycles. The molecule has 1 atom stereocenters. The molecule has 0 unspecified atom stereocenters. The number of nitrogens with two attached hydrogens (primary N) is 1. The van der Waals surface area contributed by atoms with Crippen molar-refractivity contribution in [3.63, 3.8) is 0 Å². The van der Waals surface area contributed by atoms with E-state index in [1.165, 1.54) is 26.2 Å². The van der Waals surface area contributed by atoms with E-state index in [2.05, 4.69) is 17.6 Å². The fraction of sp³-hybridized carbons (Fsp3) is 0.526. The number of benzene rings is 1. The summed E-state index contributed by atoms with van der Waals surface area (Å²) in [6, 6.07) is 5.97. The molecule has 0 aliphatic rings. The van der Waals surface area contributed by atoms with Gasteiger partial charge in [0.15, 0.2) is 0 Å². The quantitative estimate of drug-likeness (QED) is 0.536. The van der Waals surface area contributed by atoms with Gasteiger partial charge in [-0.3, -0.25) is 14.4 Å². The molecule has 1 aromatic rings. The summed E-state index contributed by atoms with van der Waals surface area (Å²) in [7, 11) is 0. The zero-order valence-corrected chi connectivity index (χ0v) is 15.1. The molecule has 0 fully saturated rings. The first-order valence-electron chi connectivity index (χ1n) is 8.92. The maximum atomic E-state index is 12.5. The van der Waals surface area contributed by atoms with Crippen LogP contribution >= 0.6 is 0 Å². The highest BCUT2D eigenvalue weighted by molar-refractivity contribution is 6.04. The molecule has 138 valence electrons. The Morgan fingerprint density at radius 3 is 2.32 bits per heavy atom. The van der Waals surface area contributed by atoms with Crippen LogP contribution in [-0.4, -0.2) is 23.8 Å². The Labute approximate surface area is 149 Å². The van der Waals surface area contributed by atoms with E-state index < -0.39 is 17.9 Å². The number of unbranched alkanes of at least 4 members (excludes halogenated alkanes) is 5. The molecule has 6 nitrogen and oxygen atoms in total. The molecule has 1 rings (SSSR count). The Morgan fingerprint density at radius 2 is 1.68 bits per heavy atom. The lowest BCUT2D eigenvalue weighted by Gasteiger charge is -2.17. The number of hydrogen-bond acceptors (Lipinski definition) is 3. The highest BCUT2D eigenvalue weighted by Gasteiger charge is 2.20. The van der Waals surface area contributed by atoms with Crippen LogP contribution in [0.3, 0.4) is 0 Å². The van der Waals surface area contributed by atoms with Crippen molar-refractivity contribution in [3.05, 3.63) is 29.8 Å². The number of para-hydroxylation sites is 1. The van der Waals surface area contributed by atoms with Gasteiger partial charge >= 0.3 is 0 Å². The molecule has 25 heavy (non-hydrogen) atoms. The van der Waals surface area contributed by atoms with Gasteiger partial charge in [-0.2, -0.15) is 0 Å². The van der Waals surface area contributed by atoms with Crippen LogP contribution in [-0.2, 0) is 9.59 Å². The molecule has 3 amide bonds. The Balaban J connectivity index is 2.62. The molecule has 0 bridgehead atoms. The van der Waals surface area contributed by atoms with E-state index in [4.69, 9.17) is 5.73 Å². The summed E-state index contributed by atoms with van der Waals surface area (Å²) in [5.74, 6) is -1.23. The van der Waals surface area contributed by atoms with Crippen LogP contribution in [0.4, 0.5) is 5.69 Å². The monoisotopic (exact) mass is 347 g/mol. The van der Waals surface area contributed by atoms with E-state index in [0.29, 0.717) is 17.7 Å². The third-order valence-electron chi connectivity index (χ3n) is 3.98. The van der Waals surface area contributed by atoms with Gasteiger partial charge in [-0.25, -0.2) is 0 Å². The minimum Gasteiger partial charge on any atom is -0.368 e. The van der Waals surface area contributed by atoms with Gasteiger partial charge in [-0.1, -0.05) is 57.6 Å². The van der Waals surface area contributed by atoms with Gasteiger partial charge in [-0.15, -0.1) is 0 Å². The maximum Gasteiger partial charge on any atom is 0.254 e. The number of anilines is 1. The third kappa shape index (κ3) is 7.83. The fourth-order valence-corrected chi connectivity index (χ4v) is 2.63. The topological polar surface area (TPSA) is 101 Å². The number of carbonyl (C=O) groups excluding carboxylic acids is 3. The molecule has 1 aromatic carbocycles. The first kappa shape index (κ1) is 20.7. The first-order valence-corrected chi connectivity index (χ1v) is 8.92. The van der Waals surface area contributed by atoms with Gasteiger partial charge < -0.3 is 16.4 Å². The summed E-state index contributed by atoms with van der Waals surface area (Å²) in [6.45, 7) is 3.54. The van der Waals surface area contributed by atoms with E-state index in [-0.39, 0.29) is 5.91 Å². The Morgan fingerprint density at radius 1 is 1.04 bits per heavy atom. The third-order valence-corrected chi connectivity index (χ3v) is 3.98. The average molecular weight is 347 g/mol. The van der Waals surface area contributed by atoms with Crippen molar-refractivity contribution >= 4 is 23.4 Å². The molecular weight excluding hydrogens is 318 g/mol. The van der Waals surface area contributed by atoms with Gasteiger partial charge in [0.1, 0.15) is 6.04 Å². The zero-order valence-electron chi connectivity index (χ0n) is 15.1. The van der Waals surface area contributed by atoms with Crippen LogP contribution in [0.25, 0.3) is 0 Å². The maximum absolute atomic E-state index is 12.5. The van der Waals surface area contributed by atoms with Crippen molar-refractivity contribution < 1.29 is 14.4 Å². The average Bonchev–Trinajstić information content (AvgIpc) is 2.56. The van der Waals surface area contributed by atoms with Crippen molar-refractivity contribution in [2.75, 3.05) is 5.32 Å². The Bertz CT molecular complexity index is 587. The minimum absolute atomic E-state index is 0.265. The van der Waals surface area contributed by atoms with Crippen LogP contribution in [0.2, 0.25) is 0 Å². The van der Waals surface area contributed by atoms with Crippen LogP contribution in [0.5, 0.6) is 0 Å². The van der Waals surface area contributed by atoms with Crippen LogP contribution in [0.15, 0.2) is 24.3 Å². The lowest BCUT2D eigenvalue weighted by Crippen LogP contribution is -2.44. The van der Waals surface area contributed by atoms with Crippen LogP contribution < -0.4 is 16.4 Å². The second-order valence-corrected chi connectivity index (χ2v) is 6.21. The summed E-state index contributed by atoms with van der Waals surface area (Å²) in [5, 5.41) is 5.30.